The van der Waals surface area contributed by atoms with E-state index in [1.54, 1.807) is 14.2 Å². The number of piperidine rings is 1. The third-order valence-corrected chi connectivity index (χ3v) is 7.25. The number of amides is 3. The molecule has 164 valence electrons. The minimum Gasteiger partial charge on any atom is -0.497 e. The quantitative estimate of drug-likeness (QED) is 0.765. The summed E-state index contributed by atoms with van der Waals surface area (Å²) in [6, 6.07) is 7.27. The van der Waals surface area contributed by atoms with Crippen molar-refractivity contribution in [3.05, 3.63) is 24.3 Å². The molecule has 0 aromatic heterocycles. The fourth-order valence-corrected chi connectivity index (χ4v) is 5.57. The highest BCUT2D eigenvalue weighted by atomic mass is 16.5. The zero-order valence-corrected chi connectivity index (χ0v) is 17.9. The Balaban J connectivity index is 1.43. The highest BCUT2D eigenvalue weighted by Gasteiger charge is 2.63. The maximum Gasteiger partial charge on any atom is 0.321 e. The molecule has 1 aromatic rings. The smallest absolute Gasteiger partial charge is 0.321 e. The van der Waals surface area contributed by atoms with Crippen molar-refractivity contribution >= 4 is 17.6 Å². The molecule has 3 aliphatic rings. The van der Waals surface area contributed by atoms with Crippen LogP contribution < -0.4 is 15.4 Å². The number of nitrogens with zero attached hydrogens (tertiary/aromatic N) is 2. The number of carbonyl (C=O) groups is 2. The van der Waals surface area contributed by atoms with Crippen LogP contribution in [0.5, 0.6) is 5.75 Å². The van der Waals surface area contributed by atoms with Crippen LogP contribution in [-0.2, 0) is 9.53 Å². The van der Waals surface area contributed by atoms with Crippen LogP contribution in [0.1, 0.15) is 19.3 Å². The number of fused-ring (bicyclic) bond motifs is 1. The highest BCUT2D eigenvalue weighted by Crippen LogP contribution is 2.56. The van der Waals surface area contributed by atoms with Gasteiger partial charge in [0, 0.05) is 63.5 Å². The number of likely N-dealkylation sites (tertiary alicyclic amines) is 2. The predicted molar refractivity (Wildman–Crippen MR) is 114 cm³/mol. The van der Waals surface area contributed by atoms with Crippen LogP contribution in [0.15, 0.2) is 24.3 Å². The Morgan fingerprint density at radius 3 is 2.67 bits per heavy atom. The number of methoxy groups -OCH3 is 2. The minimum absolute atomic E-state index is 0.0753. The molecule has 0 bridgehead atoms. The average Bonchev–Trinajstić information content (AvgIpc) is 3.28. The van der Waals surface area contributed by atoms with Gasteiger partial charge in [0.25, 0.3) is 0 Å². The monoisotopic (exact) mass is 416 g/mol. The lowest BCUT2D eigenvalue weighted by Gasteiger charge is -2.46. The standard InChI is InChI=1S/C22H32N4O4/c1-29-13-12-25-15-21(22(16-25)6-9-23-19(22)27)7-10-26(11-8-21)20(28)24-17-4-3-5-18(14-17)30-2/h3-5,14H,6-13,15-16H2,1-2H3,(H,23,27)(H,24,28)/t22-/m1/s1. The largest absolute Gasteiger partial charge is 0.497 e. The molecule has 0 saturated carbocycles. The van der Waals surface area contributed by atoms with Gasteiger partial charge < -0.3 is 25.0 Å². The lowest BCUT2D eigenvalue weighted by atomic mass is 9.60. The number of hydrogen-bond acceptors (Lipinski definition) is 5. The molecule has 3 aliphatic heterocycles. The second-order valence-corrected chi connectivity index (χ2v) is 8.72. The van der Waals surface area contributed by atoms with E-state index in [0.717, 1.165) is 51.1 Å². The predicted octanol–water partition coefficient (Wildman–Crippen LogP) is 1.78. The number of nitrogens with one attached hydrogen (secondary N) is 2. The number of ether oxygens (including phenoxy) is 2. The molecule has 0 aliphatic carbocycles. The van der Waals surface area contributed by atoms with Crippen LogP contribution in [0.3, 0.4) is 0 Å². The van der Waals surface area contributed by atoms with Crippen LogP contribution in [-0.4, -0.2) is 81.8 Å². The molecule has 3 saturated heterocycles. The number of urea groups is 1. The van der Waals surface area contributed by atoms with Crippen molar-refractivity contribution in [2.45, 2.75) is 19.3 Å². The summed E-state index contributed by atoms with van der Waals surface area (Å²) in [6.45, 7) is 5.26. The fourth-order valence-electron chi connectivity index (χ4n) is 5.57. The first-order valence-electron chi connectivity index (χ1n) is 10.7. The van der Waals surface area contributed by atoms with Gasteiger partial charge in [0.15, 0.2) is 0 Å². The topological polar surface area (TPSA) is 83.1 Å². The lowest BCUT2D eigenvalue weighted by molar-refractivity contribution is -0.133. The van der Waals surface area contributed by atoms with Gasteiger partial charge in [-0.05, 0) is 31.4 Å². The van der Waals surface area contributed by atoms with E-state index in [9.17, 15) is 9.59 Å². The maximum atomic E-state index is 12.9. The summed E-state index contributed by atoms with van der Waals surface area (Å²) in [5.74, 6) is 0.901. The maximum absolute atomic E-state index is 12.9. The Bertz CT molecular complexity index is 793. The van der Waals surface area contributed by atoms with Gasteiger partial charge in [-0.15, -0.1) is 0 Å². The summed E-state index contributed by atoms with van der Waals surface area (Å²) < 4.78 is 10.5. The van der Waals surface area contributed by atoms with Gasteiger partial charge in [-0.2, -0.15) is 0 Å². The molecule has 30 heavy (non-hydrogen) atoms. The Morgan fingerprint density at radius 2 is 2.00 bits per heavy atom. The molecule has 8 heteroatoms. The van der Waals surface area contributed by atoms with E-state index in [1.807, 2.05) is 29.2 Å². The molecule has 0 unspecified atom stereocenters. The van der Waals surface area contributed by atoms with Gasteiger partial charge >= 0.3 is 6.03 Å². The van der Waals surface area contributed by atoms with E-state index in [1.165, 1.54) is 0 Å². The fraction of sp³-hybridized carbons (Fsp3) is 0.636. The summed E-state index contributed by atoms with van der Waals surface area (Å²) in [6.07, 6.45) is 2.57. The second-order valence-electron chi connectivity index (χ2n) is 8.72. The molecule has 3 amide bonds. The molecule has 3 fully saturated rings. The molecule has 1 atom stereocenters. The first-order valence-corrected chi connectivity index (χ1v) is 10.7. The molecule has 4 rings (SSSR count). The van der Waals surface area contributed by atoms with Gasteiger partial charge in [-0.3, -0.25) is 9.69 Å². The Kier molecular flexibility index (Phi) is 5.88. The Labute approximate surface area is 177 Å². The minimum atomic E-state index is -0.337. The zero-order valence-electron chi connectivity index (χ0n) is 17.9. The normalized spacial score (nSPS) is 25.7. The molecule has 8 nitrogen and oxygen atoms in total. The Morgan fingerprint density at radius 1 is 1.20 bits per heavy atom. The van der Waals surface area contributed by atoms with Crippen molar-refractivity contribution in [3.8, 4) is 5.75 Å². The van der Waals surface area contributed by atoms with Crippen molar-refractivity contribution in [1.82, 2.24) is 15.1 Å². The van der Waals surface area contributed by atoms with Crippen LogP contribution in [0.4, 0.5) is 10.5 Å². The molecular formula is C22H32N4O4. The van der Waals surface area contributed by atoms with Gasteiger partial charge in [-0.25, -0.2) is 4.79 Å². The van der Waals surface area contributed by atoms with Gasteiger partial charge in [0.05, 0.1) is 19.1 Å². The molecule has 2 N–H and O–H groups in total. The molecule has 0 radical (unpaired) electrons. The van der Waals surface area contributed by atoms with E-state index >= 15 is 0 Å². The summed E-state index contributed by atoms with van der Waals surface area (Å²) >= 11 is 0. The first kappa shape index (κ1) is 20.9. The lowest BCUT2D eigenvalue weighted by Crippen LogP contribution is -2.53. The van der Waals surface area contributed by atoms with Crippen LogP contribution in [0, 0.1) is 10.8 Å². The van der Waals surface area contributed by atoms with Crippen molar-refractivity contribution in [2.24, 2.45) is 10.8 Å². The number of carbonyl (C=O) groups excluding carboxylic acids is 2. The molecule has 1 aromatic carbocycles. The number of hydrogen-bond donors (Lipinski definition) is 2. The number of anilines is 1. The summed E-state index contributed by atoms with van der Waals surface area (Å²) in [4.78, 5) is 30.0. The second kappa shape index (κ2) is 8.43. The summed E-state index contributed by atoms with van der Waals surface area (Å²) in [7, 11) is 3.32. The summed E-state index contributed by atoms with van der Waals surface area (Å²) in [5, 5.41) is 6.05. The van der Waals surface area contributed by atoms with Crippen LogP contribution >= 0.6 is 0 Å². The highest BCUT2D eigenvalue weighted by molar-refractivity contribution is 5.90. The number of rotatable bonds is 5. The van der Waals surface area contributed by atoms with E-state index < -0.39 is 0 Å². The van der Waals surface area contributed by atoms with Crippen LogP contribution in [0.2, 0.25) is 0 Å². The SMILES string of the molecule is COCCN1CC2(CCN(C(=O)Nc3cccc(OC)c3)CC2)[C@]2(CCNC2=O)C1. The van der Waals surface area contributed by atoms with Crippen LogP contribution in [0.25, 0.3) is 0 Å². The van der Waals surface area contributed by atoms with Crippen molar-refractivity contribution in [3.63, 3.8) is 0 Å². The summed E-state index contributed by atoms with van der Waals surface area (Å²) in [5.41, 5.74) is 0.308. The van der Waals surface area contributed by atoms with Gasteiger partial charge in [0.1, 0.15) is 5.75 Å². The van der Waals surface area contributed by atoms with E-state index in [-0.39, 0.29) is 22.8 Å². The van der Waals surface area contributed by atoms with E-state index in [0.29, 0.717) is 25.4 Å². The zero-order chi connectivity index (χ0) is 21.2. The molecule has 2 spiro atoms. The van der Waals surface area contributed by atoms with Crippen molar-refractivity contribution < 1.29 is 19.1 Å². The van der Waals surface area contributed by atoms with Gasteiger partial charge in [0.2, 0.25) is 5.91 Å². The average molecular weight is 417 g/mol. The van der Waals surface area contributed by atoms with Crippen molar-refractivity contribution in [2.75, 3.05) is 65.4 Å². The molecular weight excluding hydrogens is 384 g/mol. The Hall–Kier alpha value is -2.32. The van der Waals surface area contributed by atoms with E-state index in [2.05, 4.69) is 15.5 Å². The third kappa shape index (κ3) is 3.63. The third-order valence-electron chi connectivity index (χ3n) is 7.25. The number of benzene rings is 1. The first-order chi connectivity index (χ1) is 14.5. The van der Waals surface area contributed by atoms with Crippen molar-refractivity contribution in [1.29, 1.82) is 0 Å². The van der Waals surface area contributed by atoms with Gasteiger partial charge in [-0.1, -0.05) is 6.07 Å². The molecule has 3 heterocycles. The van der Waals surface area contributed by atoms with E-state index in [4.69, 9.17) is 9.47 Å².